The summed E-state index contributed by atoms with van der Waals surface area (Å²) in [4.78, 5) is 12.0. The van der Waals surface area contributed by atoms with Crippen LogP contribution in [0.1, 0.15) is 56.1 Å². The van der Waals surface area contributed by atoms with Gasteiger partial charge >= 0.3 is 5.97 Å². The molecule has 0 amide bonds. The molecule has 1 fully saturated rings. The van der Waals surface area contributed by atoms with Crippen molar-refractivity contribution >= 4 is 27.5 Å². The monoisotopic (exact) mass is 438 g/mol. The van der Waals surface area contributed by atoms with Crippen LogP contribution in [0.15, 0.2) is 78.9 Å². The Labute approximate surface area is 195 Å². The highest BCUT2D eigenvalue weighted by Crippen LogP contribution is 2.37. The van der Waals surface area contributed by atoms with E-state index in [1.807, 2.05) is 13.0 Å². The van der Waals surface area contributed by atoms with Crippen LogP contribution in [0.25, 0.3) is 21.5 Å². The van der Waals surface area contributed by atoms with Crippen molar-refractivity contribution in [2.24, 2.45) is 0 Å². The number of fused-ring (bicyclic) bond motifs is 2. The average Bonchev–Trinajstić information content (AvgIpc) is 2.87. The Morgan fingerprint density at radius 3 is 2.27 bits per heavy atom. The molecule has 0 aromatic heterocycles. The van der Waals surface area contributed by atoms with Crippen molar-refractivity contribution in [1.82, 2.24) is 0 Å². The van der Waals surface area contributed by atoms with Gasteiger partial charge in [-0.3, -0.25) is 4.79 Å². The molecular formula is C30H30O3. The Hall–Kier alpha value is -3.33. The quantitative estimate of drug-likeness (QED) is 0.230. The van der Waals surface area contributed by atoms with Gasteiger partial charge in [-0.1, -0.05) is 74.0 Å². The molecule has 3 heteroatoms. The first-order valence-corrected chi connectivity index (χ1v) is 12.0. The third kappa shape index (κ3) is 4.59. The molecule has 3 nitrogen and oxygen atoms in total. The van der Waals surface area contributed by atoms with Crippen LogP contribution in [0.5, 0.6) is 5.75 Å². The van der Waals surface area contributed by atoms with Gasteiger partial charge in [-0.25, -0.2) is 0 Å². The van der Waals surface area contributed by atoms with Gasteiger partial charge in [0, 0.05) is 17.9 Å². The van der Waals surface area contributed by atoms with Gasteiger partial charge in [0.25, 0.3) is 0 Å². The van der Waals surface area contributed by atoms with Crippen molar-refractivity contribution in [1.29, 1.82) is 0 Å². The molecule has 1 saturated carbocycles. The SMILES string of the molecule is CCC(=O)O[C@@H]1CCCC[C@H]1c1cccc(OCc2c3ccccc3cc3ccccc23)c1. The van der Waals surface area contributed by atoms with Gasteiger partial charge in [0.15, 0.2) is 0 Å². The van der Waals surface area contributed by atoms with Gasteiger partial charge in [-0.2, -0.15) is 0 Å². The Kier molecular flexibility index (Phi) is 6.30. The predicted octanol–water partition coefficient (Wildman–Crippen LogP) is 7.55. The molecule has 0 aliphatic heterocycles. The maximum absolute atomic E-state index is 12.0. The Morgan fingerprint density at radius 1 is 0.848 bits per heavy atom. The highest BCUT2D eigenvalue weighted by atomic mass is 16.5. The van der Waals surface area contributed by atoms with Crippen LogP contribution in [0.3, 0.4) is 0 Å². The second-order valence-corrected chi connectivity index (χ2v) is 8.93. The standard InChI is InChI=1S/C30H30O3/c1-2-30(31)33-29-17-8-7-16-27(29)23-12-9-13-24(19-23)32-20-28-25-14-5-3-10-21(25)18-22-11-4-6-15-26(22)28/h3-6,9-15,18-19,27,29H,2,7-8,16-17,20H2,1H3/t27-,29+/m0/s1. The molecule has 2 atom stereocenters. The summed E-state index contributed by atoms with van der Waals surface area (Å²) in [7, 11) is 0. The lowest BCUT2D eigenvalue weighted by molar-refractivity contribution is -0.151. The normalized spacial score (nSPS) is 18.3. The first-order chi connectivity index (χ1) is 16.2. The fourth-order valence-electron chi connectivity index (χ4n) is 5.13. The predicted molar refractivity (Wildman–Crippen MR) is 134 cm³/mol. The maximum Gasteiger partial charge on any atom is 0.305 e. The van der Waals surface area contributed by atoms with Gasteiger partial charge in [-0.15, -0.1) is 0 Å². The van der Waals surface area contributed by atoms with Gasteiger partial charge in [0.2, 0.25) is 0 Å². The Balaban J connectivity index is 1.42. The Morgan fingerprint density at radius 2 is 1.55 bits per heavy atom. The van der Waals surface area contributed by atoms with Crippen LogP contribution in [0.2, 0.25) is 0 Å². The number of hydrogen-bond acceptors (Lipinski definition) is 3. The molecule has 1 aliphatic carbocycles. The van der Waals surface area contributed by atoms with E-state index in [0.29, 0.717) is 13.0 Å². The summed E-state index contributed by atoms with van der Waals surface area (Å²) in [5, 5.41) is 4.91. The summed E-state index contributed by atoms with van der Waals surface area (Å²) in [5.74, 6) is 0.981. The van der Waals surface area contributed by atoms with Gasteiger partial charge in [0.05, 0.1) is 0 Å². The van der Waals surface area contributed by atoms with E-state index in [9.17, 15) is 4.79 Å². The lowest BCUT2D eigenvalue weighted by atomic mass is 9.81. The first-order valence-electron chi connectivity index (χ1n) is 12.0. The summed E-state index contributed by atoms with van der Waals surface area (Å²) in [5.41, 5.74) is 2.41. The zero-order chi connectivity index (χ0) is 22.6. The number of rotatable bonds is 6. The summed E-state index contributed by atoms with van der Waals surface area (Å²) in [6.45, 7) is 2.36. The zero-order valence-corrected chi connectivity index (χ0v) is 19.1. The van der Waals surface area contributed by atoms with E-state index in [0.717, 1.165) is 31.4 Å². The molecule has 4 aromatic rings. The number of carbonyl (C=O) groups excluding carboxylic acids is 1. The van der Waals surface area contributed by atoms with Crippen LogP contribution >= 0.6 is 0 Å². The number of hydrogen-bond donors (Lipinski definition) is 0. The summed E-state index contributed by atoms with van der Waals surface area (Å²) >= 11 is 0. The van der Waals surface area contributed by atoms with E-state index in [2.05, 4.69) is 72.8 Å². The largest absolute Gasteiger partial charge is 0.489 e. The average molecular weight is 439 g/mol. The van der Waals surface area contributed by atoms with E-state index in [-0.39, 0.29) is 18.0 Å². The van der Waals surface area contributed by atoms with Crippen molar-refractivity contribution in [3.63, 3.8) is 0 Å². The molecule has 0 heterocycles. The van der Waals surface area contributed by atoms with Gasteiger partial charge in [-0.05, 0) is 64.6 Å². The van der Waals surface area contributed by atoms with Crippen molar-refractivity contribution in [2.45, 2.75) is 57.7 Å². The molecule has 0 spiro atoms. The van der Waals surface area contributed by atoms with Crippen LogP contribution < -0.4 is 4.74 Å². The molecule has 5 rings (SSSR count). The zero-order valence-electron chi connectivity index (χ0n) is 19.1. The van der Waals surface area contributed by atoms with Crippen LogP contribution in [-0.2, 0) is 16.1 Å². The van der Waals surface area contributed by atoms with E-state index < -0.39 is 0 Å². The van der Waals surface area contributed by atoms with Crippen molar-refractivity contribution < 1.29 is 14.3 Å². The molecule has 0 unspecified atom stereocenters. The molecule has 0 bridgehead atoms. The van der Waals surface area contributed by atoms with Crippen molar-refractivity contribution in [3.8, 4) is 5.75 Å². The molecular weight excluding hydrogens is 408 g/mol. The topological polar surface area (TPSA) is 35.5 Å². The number of carbonyl (C=O) groups is 1. The number of benzene rings is 4. The fraction of sp³-hybridized carbons (Fsp3) is 0.300. The highest BCUT2D eigenvalue weighted by molar-refractivity contribution is 6.02. The van der Waals surface area contributed by atoms with Gasteiger partial charge < -0.3 is 9.47 Å². The lowest BCUT2D eigenvalue weighted by Crippen LogP contribution is -2.28. The third-order valence-electron chi connectivity index (χ3n) is 6.83. The van der Waals surface area contributed by atoms with Gasteiger partial charge in [0.1, 0.15) is 18.5 Å². The molecule has 33 heavy (non-hydrogen) atoms. The minimum absolute atomic E-state index is 0.0385. The molecule has 0 radical (unpaired) electrons. The molecule has 0 saturated heterocycles. The van der Waals surface area contributed by atoms with E-state index in [1.165, 1.54) is 32.7 Å². The van der Waals surface area contributed by atoms with Crippen molar-refractivity contribution in [2.75, 3.05) is 0 Å². The molecule has 1 aliphatic rings. The minimum atomic E-state index is -0.109. The molecule has 168 valence electrons. The minimum Gasteiger partial charge on any atom is -0.489 e. The number of esters is 1. The molecule has 0 N–H and O–H groups in total. The molecule has 4 aromatic carbocycles. The van der Waals surface area contributed by atoms with Crippen molar-refractivity contribution in [3.05, 3.63) is 90.0 Å². The highest BCUT2D eigenvalue weighted by Gasteiger charge is 2.29. The smallest absolute Gasteiger partial charge is 0.305 e. The van der Waals surface area contributed by atoms with Crippen LogP contribution in [0, 0.1) is 0 Å². The van der Waals surface area contributed by atoms with E-state index in [1.54, 1.807) is 0 Å². The third-order valence-corrected chi connectivity index (χ3v) is 6.83. The fourth-order valence-corrected chi connectivity index (χ4v) is 5.13. The second kappa shape index (κ2) is 9.66. The van der Waals surface area contributed by atoms with Crippen LogP contribution in [0.4, 0.5) is 0 Å². The van der Waals surface area contributed by atoms with E-state index in [4.69, 9.17) is 9.47 Å². The summed E-state index contributed by atoms with van der Waals surface area (Å²) < 4.78 is 12.2. The summed E-state index contributed by atoms with van der Waals surface area (Å²) in [6, 6.07) is 27.6. The van der Waals surface area contributed by atoms with E-state index >= 15 is 0 Å². The number of ether oxygens (including phenoxy) is 2. The second-order valence-electron chi connectivity index (χ2n) is 8.93. The lowest BCUT2D eigenvalue weighted by Gasteiger charge is -2.31. The summed E-state index contributed by atoms with van der Waals surface area (Å²) in [6.07, 6.45) is 4.64. The maximum atomic E-state index is 12.0. The van der Waals surface area contributed by atoms with Crippen LogP contribution in [-0.4, -0.2) is 12.1 Å². The first kappa shape index (κ1) is 21.5. The Bertz CT molecular complexity index is 1220.